The Labute approximate surface area is 94.6 Å². The first-order valence-corrected chi connectivity index (χ1v) is 4.76. The minimum Gasteiger partial charge on any atom is -0.487 e. The highest BCUT2D eigenvalue weighted by Crippen LogP contribution is 2.24. The summed E-state index contributed by atoms with van der Waals surface area (Å²) >= 11 is 0. The van der Waals surface area contributed by atoms with Crippen LogP contribution in [0.25, 0.3) is 11.0 Å². The number of fused-ring (bicyclic) bond motifs is 1. The van der Waals surface area contributed by atoms with E-state index in [0.29, 0.717) is 11.0 Å². The molecule has 0 aliphatic heterocycles. The van der Waals surface area contributed by atoms with Crippen molar-refractivity contribution in [2.75, 3.05) is 6.61 Å². The van der Waals surface area contributed by atoms with Gasteiger partial charge in [-0.05, 0) is 6.07 Å². The van der Waals surface area contributed by atoms with Crippen molar-refractivity contribution >= 4 is 16.9 Å². The lowest BCUT2D eigenvalue weighted by Gasteiger charge is -2.08. The summed E-state index contributed by atoms with van der Waals surface area (Å²) in [6.45, 7) is -0.795. The summed E-state index contributed by atoms with van der Waals surface area (Å²) in [6.07, 6.45) is -1.20. The highest BCUT2D eigenvalue weighted by molar-refractivity contribution is 5.99. The Kier molecular flexibility index (Phi) is 2.90. The number of aromatic amines is 1. The Hall–Kier alpha value is -2.18. The quantitative estimate of drug-likeness (QED) is 0.846. The van der Waals surface area contributed by atoms with Gasteiger partial charge in [0.15, 0.2) is 0 Å². The Bertz CT molecular complexity index is 553. The van der Waals surface area contributed by atoms with Crippen LogP contribution in [-0.2, 0) is 0 Å². The number of benzene rings is 1. The number of hydrogen-bond donors (Lipinski definition) is 2. The molecule has 17 heavy (non-hydrogen) atoms. The molecule has 0 saturated heterocycles. The third-order valence-electron chi connectivity index (χ3n) is 2.15. The normalized spacial score (nSPS) is 11.0. The minimum atomic E-state index is -2.62. The summed E-state index contributed by atoms with van der Waals surface area (Å²) in [5, 5.41) is 0. The molecule has 2 aromatic rings. The molecule has 0 spiro atoms. The van der Waals surface area contributed by atoms with E-state index < -0.39 is 18.9 Å². The summed E-state index contributed by atoms with van der Waals surface area (Å²) in [5.74, 6) is -0.733. The number of rotatable bonds is 4. The highest BCUT2D eigenvalue weighted by Gasteiger charge is 2.14. The monoisotopic (exact) mass is 241 g/mol. The molecule has 90 valence electrons. The largest absolute Gasteiger partial charge is 0.487 e. The van der Waals surface area contributed by atoms with Crippen molar-refractivity contribution in [2.45, 2.75) is 6.43 Å². The van der Waals surface area contributed by atoms with Crippen molar-refractivity contribution in [3.63, 3.8) is 0 Å². The summed E-state index contributed by atoms with van der Waals surface area (Å²) in [6, 6.07) is 2.82. The van der Waals surface area contributed by atoms with Crippen LogP contribution in [0.1, 0.15) is 10.4 Å². The van der Waals surface area contributed by atoms with Gasteiger partial charge in [-0.3, -0.25) is 4.79 Å². The number of ether oxygens (including phenoxy) is 1. The van der Waals surface area contributed by atoms with E-state index in [9.17, 15) is 13.6 Å². The molecule has 5 nitrogen and oxygen atoms in total. The molecular formula is C10H9F2N3O2. The molecule has 1 aromatic carbocycles. The number of nitrogens with zero attached hydrogens (tertiary/aromatic N) is 1. The number of amides is 1. The van der Waals surface area contributed by atoms with Crippen molar-refractivity contribution in [3.8, 4) is 5.75 Å². The molecule has 0 bridgehead atoms. The fourth-order valence-corrected chi connectivity index (χ4v) is 1.43. The average molecular weight is 241 g/mol. The molecule has 7 heteroatoms. The lowest BCUT2D eigenvalue weighted by molar-refractivity contribution is 0.0802. The van der Waals surface area contributed by atoms with Crippen LogP contribution in [0, 0.1) is 0 Å². The minimum absolute atomic E-state index is 0.0115. The zero-order chi connectivity index (χ0) is 12.4. The number of carbonyl (C=O) groups excluding carboxylic acids is 1. The van der Waals surface area contributed by atoms with E-state index in [2.05, 4.69) is 9.97 Å². The van der Waals surface area contributed by atoms with Gasteiger partial charge in [0, 0.05) is 6.07 Å². The van der Waals surface area contributed by atoms with E-state index in [4.69, 9.17) is 10.5 Å². The Morgan fingerprint density at radius 3 is 2.94 bits per heavy atom. The fraction of sp³-hybridized carbons (Fsp3) is 0.200. The number of imidazole rings is 1. The van der Waals surface area contributed by atoms with Crippen LogP contribution in [-0.4, -0.2) is 28.9 Å². The predicted molar refractivity (Wildman–Crippen MR) is 56.1 cm³/mol. The summed E-state index contributed by atoms with van der Waals surface area (Å²) < 4.78 is 28.9. The average Bonchev–Trinajstić information content (AvgIpc) is 2.71. The number of nitrogens with one attached hydrogen (secondary N) is 1. The van der Waals surface area contributed by atoms with Gasteiger partial charge in [-0.25, -0.2) is 13.8 Å². The molecule has 1 aromatic heterocycles. The second-order valence-electron chi connectivity index (χ2n) is 3.33. The van der Waals surface area contributed by atoms with Gasteiger partial charge < -0.3 is 15.5 Å². The summed E-state index contributed by atoms with van der Waals surface area (Å²) in [4.78, 5) is 17.9. The maximum atomic E-state index is 12.0. The number of primary amides is 1. The molecular weight excluding hydrogens is 232 g/mol. The van der Waals surface area contributed by atoms with Gasteiger partial charge in [-0.1, -0.05) is 0 Å². The number of carbonyl (C=O) groups is 1. The molecule has 0 radical (unpaired) electrons. The molecule has 0 aliphatic rings. The molecule has 0 saturated carbocycles. The smallest absolute Gasteiger partial charge is 0.272 e. The molecule has 1 heterocycles. The lowest BCUT2D eigenvalue weighted by Crippen LogP contribution is -2.15. The highest BCUT2D eigenvalue weighted by atomic mass is 19.3. The maximum Gasteiger partial charge on any atom is 0.272 e. The van der Waals surface area contributed by atoms with Crippen molar-refractivity contribution in [3.05, 3.63) is 24.0 Å². The first kappa shape index (κ1) is 11.3. The Morgan fingerprint density at radius 1 is 1.53 bits per heavy atom. The van der Waals surface area contributed by atoms with Crippen molar-refractivity contribution < 1.29 is 18.3 Å². The van der Waals surface area contributed by atoms with Gasteiger partial charge in [0.25, 0.3) is 12.3 Å². The van der Waals surface area contributed by atoms with Gasteiger partial charge in [0.1, 0.15) is 12.4 Å². The first-order chi connectivity index (χ1) is 8.08. The molecule has 0 atom stereocenters. The number of H-pyrrole nitrogens is 1. The van der Waals surface area contributed by atoms with E-state index in [-0.39, 0.29) is 11.3 Å². The molecule has 3 N–H and O–H groups in total. The van der Waals surface area contributed by atoms with E-state index in [1.807, 2.05) is 0 Å². The van der Waals surface area contributed by atoms with Gasteiger partial charge >= 0.3 is 0 Å². The predicted octanol–water partition coefficient (Wildman–Crippen LogP) is 1.31. The zero-order valence-electron chi connectivity index (χ0n) is 8.61. The molecule has 0 fully saturated rings. The zero-order valence-corrected chi connectivity index (χ0v) is 8.61. The van der Waals surface area contributed by atoms with Crippen LogP contribution >= 0.6 is 0 Å². The van der Waals surface area contributed by atoms with Crippen LogP contribution < -0.4 is 10.5 Å². The summed E-state index contributed by atoms with van der Waals surface area (Å²) in [5.41, 5.74) is 6.28. The van der Waals surface area contributed by atoms with E-state index in [0.717, 1.165) is 0 Å². The third-order valence-corrected chi connectivity index (χ3v) is 2.15. The lowest BCUT2D eigenvalue weighted by atomic mass is 10.1. The second-order valence-corrected chi connectivity index (χ2v) is 3.33. The van der Waals surface area contributed by atoms with Gasteiger partial charge in [-0.2, -0.15) is 0 Å². The van der Waals surface area contributed by atoms with Crippen molar-refractivity contribution in [1.29, 1.82) is 0 Å². The van der Waals surface area contributed by atoms with Crippen LogP contribution in [0.3, 0.4) is 0 Å². The third kappa shape index (κ3) is 2.32. The first-order valence-electron chi connectivity index (χ1n) is 4.76. The van der Waals surface area contributed by atoms with Gasteiger partial charge in [0.2, 0.25) is 0 Å². The van der Waals surface area contributed by atoms with Crippen LogP contribution in [0.15, 0.2) is 18.5 Å². The molecule has 0 aliphatic carbocycles. The Balaban J connectivity index is 2.42. The van der Waals surface area contributed by atoms with Crippen LogP contribution in [0.4, 0.5) is 8.78 Å². The van der Waals surface area contributed by atoms with E-state index >= 15 is 0 Å². The van der Waals surface area contributed by atoms with Crippen molar-refractivity contribution in [1.82, 2.24) is 9.97 Å². The maximum absolute atomic E-state index is 12.0. The van der Waals surface area contributed by atoms with Crippen LogP contribution in [0.2, 0.25) is 0 Å². The molecule has 2 rings (SSSR count). The van der Waals surface area contributed by atoms with Crippen LogP contribution in [0.5, 0.6) is 5.75 Å². The fourth-order valence-electron chi connectivity index (χ4n) is 1.43. The number of halogens is 2. The topological polar surface area (TPSA) is 81.0 Å². The summed E-state index contributed by atoms with van der Waals surface area (Å²) in [7, 11) is 0. The van der Waals surface area contributed by atoms with Gasteiger partial charge in [0.05, 0.1) is 22.9 Å². The van der Waals surface area contributed by atoms with Gasteiger partial charge in [-0.15, -0.1) is 0 Å². The Morgan fingerprint density at radius 2 is 2.29 bits per heavy atom. The SMILES string of the molecule is NC(=O)c1cc2[nH]cnc2cc1OCC(F)F. The number of aromatic nitrogens is 2. The van der Waals surface area contributed by atoms with Crippen molar-refractivity contribution in [2.24, 2.45) is 5.73 Å². The number of nitrogens with two attached hydrogens (primary N) is 1. The standard InChI is InChI=1S/C10H9F2N3O2/c11-9(12)3-17-8-2-7-6(14-4-15-7)1-5(8)10(13)16/h1-2,4,9H,3H2,(H2,13,16)(H,14,15). The number of hydrogen-bond acceptors (Lipinski definition) is 3. The molecule has 1 amide bonds. The van der Waals surface area contributed by atoms with E-state index in [1.165, 1.54) is 18.5 Å². The molecule has 0 unspecified atom stereocenters. The number of alkyl halides is 2. The second kappa shape index (κ2) is 4.36. The van der Waals surface area contributed by atoms with E-state index in [1.54, 1.807) is 0 Å².